The third-order valence-corrected chi connectivity index (χ3v) is 6.17. The summed E-state index contributed by atoms with van der Waals surface area (Å²) in [5.74, 6) is -0.657. The first-order valence-corrected chi connectivity index (χ1v) is 12.6. The van der Waals surface area contributed by atoms with Crippen molar-refractivity contribution in [3.8, 4) is 0 Å². The summed E-state index contributed by atoms with van der Waals surface area (Å²) < 4.78 is 26.0. The van der Waals surface area contributed by atoms with Gasteiger partial charge in [-0.05, 0) is 44.4 Å². The first-order valence-electron chi connectivity index (χ1n) is 10.8. The molecule has 7 nitrogen and oxygen atoms in total. The number of hydrogen-bond acceptors (Lipinski definition) is 4. The minimum Gasteiger partial charge on any atom is -0.352 e. The summed E-state index contributed by atoms with van der Waals surface area (Å²) in [6.07, 6.45) is 2.05. The highest BCUT2D eigenvalue weighted by Crippen LogP contribution is 2.18. The molecule has 2 aromatic carbocycles. The Hall–Kier alpha value is -2.87. The van der Waals surface area contributed by atoms with Crippen molar-refractivity contribution >= 4 is 27.5 Å². The second-order valence-corrected chi connectivity index (χ2v) is 9.92. The first-order chi connectivity index (χ1) is 15.1. The average molecular weight is 460 g/mol. The summed E-state index contributed by atoms with van der Waals surface area (Å²) in [5, 5.41) is 2.88. The predicted molar refractivity (Wildman–Crippen MR) is 128 cm³/mol. The highest BCUT2D eigenvalue weighted by Gasteiger charge is 2.31. The maximum absolute atomic E-state index is 13.4. The fourth-order valence-corrected chi connectivity index (χ4v) is 4.33. The van der Waals surface area contributed by atoms with E-state index in [9.17, 15) is 18.0 Å². The van der Waals surface area contributed by atoms with E-state index < -0.39 is 22.0 Å². The maximum Gasteiger partial charge on any atom is 0.244 e. The number of hydrogen-bond donors (Lipinski definition) is 1. The molecule has 0 aliphatic carbocycles. The Kier molecular flexibility index (Phi) is 9.26. The van der Waals surface area contributed by atoms with Gasteiger partial charge in [0.15, 0.2) is 0 Å². The van der Waals surface area contributed by atoms with Crippen LogP contribution in [0, 0.1) is 0 Å². The van der Waals surface area contributed by atoms with Crippen molar-refractivity contribution < 1.29 is 18.0 Å². The highest BCUT2D eigenvalue weighted by molar-refractivity contribution is 7.92. The Balaban J connectivity index is 2.33. The van der Waals surface area contributed by atoms with Crippen LogP contribution in [0.25, 0.3) is 0 Å². The first kappa shape index (κ1) is 25.4. The minimum atomic E-state index is -3.70. The van der Waals surface area contributed by atoms with Crippen LogP contribution < -0.4 is 9.62 Å². The molecule has 0 radical (unpaired) electrons. The number of nitrogens with zero attached hydrogens (tertiary/aromatic N) is 2. The Labute approximate surface area is 191 Å². The van der Waals surface area contributed by atoms with Crippen molar-refractivity contribution in [1.82, 2.24) is 10.2 Å². The smallest absolute Gasteiger partial charge is 0.244 e. The van der Waals surface area contributed by atoms with E-state index in [2.05, 4.69) is 5.32 Å². The summed E-state index contributed by atoms with van der Waals surface area (Å²) in [6, 6.07) is 17.4. The molecule has 0 bridgehead atoms. The van der Waals surface area contributed by atoms with Gasteiger partial charge in [0.25, 0.3) is 0 Å². The molecule has 2 rings (SSSR count). The molecular formula is C24H33N3O4S. The normalized spacial score (nSPS) is 12.3. The van der Waals surface area contributed by atoms with Crippen molar-refractivity contribution in [2.45, 2.75) is 45.7 Å². The molecule has 2 aromatic rings. The largest absolute Gasteiger partial charge is 0.352 e. The Morgan fingerprint density at radius 1 is 0.969 bits per heavy atom. The number of amides is 2. The molecule has 1 N–H and O–H groups in total. The molecule has 32 heavy (non-hydrogen) atoms. The van der Waals surface area contributed by atoms with Crippen molar-refractivity contribution in [3.05, 3.63) is 66.2 Å². The maximum atomic E-state index is 13.4. The molecule has 8 heteroatoms. The van der Waals surface area contributed by atoms with Gasteiger partial charge in [-0.3, -0.25) is 13.9 Å². The lowest BCUT2D eigenvalue weighted by Gasteiger charge is -2.33. The van der Waals surface area contributed by atoms with Gasteiger partial charge in [-0.15, -0.1) is 0 Å². The average Bonchev–Trinajstić information content (AvgIpc) is 2.74. The van der Waals surface area contributed by atoms with Gasteiger partial charge in [0.1, 0.15) is 12.6 Å². The fraction of sp³-hybridized carbons (Fsp3) is 0.417. The standard InChI is InChI=1S/C24H33N3O4S/c1-5-22(24(29)25-19(2)3)26(17-16-20-12-8-6-9-13-20)23(28)18-27(32(4,30)31)21-14-10-7-11-15-21/h6-15,19,22H,5,16-18H2,1-4H3,(H,25,29)/t22-/m0/s1. The van der Waals surface area contributed by atoms with Crippen LogP contribution in [0.15, 0.2) is 60.7 Å². The van der Waals surface area contributed by atoms with E-state index in [-0.39, 0.29) is 18.5 Å². The lowest BCUT2D eigenvalue weighted by Crippen LogP contribution is -2.54. The molecule has 0 aliphatic heterocycles. The number of benzene rings is 2. The molecule has 0 saturated heterocycles. The van der Waals surface area contributed by atoms with Crippen LogP contribution in [0.5, 0.6) is 0 Å². The quantitative estimate of drug-likeness (QED) is 0.560. The van der Waals surface area contributed by atoms with Crippen LogP contribution >= 0.6 is 0 Å². The number of sulfonamides is 1. The van der Waals surface area contributed by atoms with Gasteiger partial charge in [0, 0.05) is 12.6 Å². The van der Waals surface area contributed by atoms with Gasteiger partial charge in [0.05, 0.1) is 11.9 Å². The molecule has 2 amide bonds. The number of nitrogens with one attached hydrogen (secondary N) is 1. The van der Waals surface area contributed by atoms with Crippen molar-refractivity contribution in [3.63, 3.8) is 0 Å². The van der Waals surface area contributed by atoms with E-state index in [0.717, 1.165) is 16.1 Å². The zero-order valence-corrected chi connectivity index (χ0v) is 20.0. The molecule has 0 heterocycles. The van der Waals surface area contributed by atoms with Gasteiger partial charge < -0.3 is 10.2 Å². The van der Waals surface area contributed by atoms with Gasteiger partial charge in [-0.2, -0.15) is 0 Å². The van der Waals surface area contributed by atoms with Gasteiger partial charge >= 0.3 is 0 Å². The van der Waals surface area contributed by atoms with Crippen LogP contribution in [-0.4, -0.2) is 56.6 Å². The van der Waals surface area contributed by atoms with Crippen LogP contribution in [0.3, 0.4) is 0 Å². The number of para-hydroxylation sites is 1. The molecule has 174 valence electrons. The van der Waals surface area contributed by atoms with E-state index in [1.807, 2.05) is 51.1 Å². The van der Waals surface area contributed by atoms with E-state index in [4.69, 9.17) is 0 Å². The van der Waals surface area contributed by atoms with Gasteiger partial charge in [-0.1, -0.05) is 55.5 Å². The summed E-state index contributed by atoms with van der Waals surface area (Å²) in [4.78, 5) is 27.8. The van der Waals surface area contributed by atoms with Crippen molar-refractivity contribution in [1.29, 1.82) is 0 Å². The van der Waals surface area contributed by atoms with Crippen molar-refractivity contribution in [2.24, 2.45) is 0 Å². The Morgan fingerprint density at radius 3 is 2.03 bits per heavy atom. The number of rotatable bonds is 11. The predicted octanol–water partition coefficient (Wildman–Crippen LogP) is 2.83. The zero-order valence-electron chi connectivity index (χ0n) is 19.2. The van der Waals surface area contributed by atoms with E-state index in [0.29, 0.717) is 25.1 Å². The molecular weight excluding hydrogens is 426 g/mol. The van der Waals surface area contributed by atoms with Crippen molar-refractivity contribution in [2.75, 3.05) is 23.7 Å². The monoisotopic (exact) mass is 459 g/mol. The molecule has 0 unspecified atom stereocenters. The summed E-state index contributed by atoms with van der Waals surface area (Å²) >= 11 is 0. The highest BCUT2D eigenvalue weighted by atomic mass is 32.2. The van der Waals surface area contributed by atoms with Crippen LogP contribution in [-0.2, 0) is 26.0 Å². The second-order valence-electron chi connectivity index (χ2n) is 8.02. The van der Waals surface area contributed by atoms with E-state index >= 15 is 0 Å². The third-order valence-electron chi connectivity index (χ3n) is 5.02. The molecule has 1 atom stereocenters. The number of carbonyl (C=O) groups is 2. The summed E-state index contributed by atoms with van der Waals surface area (Å²) in [7, 11) is -3.70. The summed E-state index contributed by atoms with van der Waals surface area (Å²) in [5.41, 5.74) is 1.44. The number of carbonyl (C=O) groups excluding carboxylic acids is 2. The second kappa shape index (κ2) is 11.7. The van der Waals surface area contributed by atoms with Crippen LogP contribution in [0.1, 0.15) is 32.8 Å². The molecule has 0 saturated carbocycles. The Bertz CT molecular complexity index is 979. The SMILES string of the molecule is CC[C@@H](C(=O)NC(C)C)N(CCc1ccccc1)C(=O)CN(c1ccccc1)S(C)(=O)=O. The third kappa shape index (κ3) is 7.37. The molecule has 0 spiro atoms. The topological polar surface area (TPSA) is 86.8 Å². The van der Waals surface area contributed by atoms with Crippen LogP contribution in [0.4, 0.5) is 5.69 Å². The zero-order chi connectivity index (χ0) is 23.7. The minimum absolute atomic E-state index is 0.0699. The van der Waals surface area contributed by atoms with E-state index in [1.165, 1.54) is 4.90 Å². The van der Waals surface area contributed by atoms with Gasteiger partial charge in [-0.25, -0.2) is 8.42 Å². The molecule has 0 fully saturated rings. The molecule has 0 aromatic heterocycles. The van der Waals surface area contributed by atoms with Crippen LogP contribution in [0.2, 0.25) is 0 Å². The Morgan fingerprint density at radius 2 is 1.53 bits per heavy atom. The summed E-state index contributed by atoms with van der Waals surface area (Å²) in [6.45, 7) is 5.50. The lowest BCUT2D eigenvalue weighted by atomic mass is 10.1. The lowest BCUT2D eigenvalue weighted by molar-refractivity contribution is -0.139. The van der Waals surface area contributed by atoms with E-state index in [1.54, 1.807) is 30.3 Å². The van der Waals surface area contributed by atoms with Gasteiger partial charge in [0.2, 0.25) is 21.8 Å². The molecule has 0 aliphatic rings. The fourth-order valence-electron chi connectivity index (χ4n) is 3.48. The number of anilines is 1.